The zero-order valence-corrected chi connectivity index (χ0v) is 15.3. The maximum Gasteiger partial charge on any atom is 0.224 e. The lowest BCUT2D eigenvalue weighted by atomic mass is 10.2. The van der Waals surface area contributed by atoms with E-state index in [-0.39, 0.29) is 5.91 Å². The number of nitrogens with zero attached hydrogens (tertiary/aromatic N) is 1. The summed E-state index contributed by atoms with van der Waals surface area (Å²) in [5.41, 5.74) is 3.39. The van der Waals surface area contributed by atoms with Crippen molar-refractivity contribution < 1.29 is 4.79 Å². The van der Waals surface area contributed by atoms with E-state index >= 15 is 0 Å². The molecule has 23 heavy (non-hydrogen) atoms. The normalized spacial score (nSPS) is 10.4. The first-order valence-electron chi connectivity index (χ1n) is 7.92. The van der Waals surface area contributed by atoms with Crippen LogP contribution >= 0.6 is 15.9 Å². The number of carbonyl (C=O) groups excluding carboxylic acids is 1. The fourth-order valence-corrected chi connectivity index (χ4v) is 2.65. The van der Waals surface area contributed by atoms with Gasteiger partial charge in [0.25, 0.3) is 0 Å². The molecule has 0 bridgehead atoms. The van der Waals surface area contributed by atoms with Gasteiger partial charge in [-0.1, -0.05) is 46.3 Å². The van der Waals surface area contributed by atoms with Crippen LogP contribution in [0.4, 0.5) is 5.69 Å². The van der Waals surface area contributed by atoms with Crippen molar-refractivity contribution in [2.24, 2.45) is 0 Å². The van der Waals surface area contributed by atoms with E-state index < -0.39 is 0 Å². The van der Waals surface area contributed by atoms with Crippen LogP contribution in [0.3, 0.4) is 0 Å². The second-order valence-electron chi connectivity index (χ2n) is 5.53. The quantitative estimate of drug-likeness (QED) is 0.767. The van der Waals surface area contributed by atoms with Crippen LogP contribution in [0.1, 0.15) is 24.5 Å². The zero-order valence-electron chi connectivity index (χ0n) is 13.7. The summed E-state index contributed by atoms with van der Waals surface area (Å²) >= 11 is 3.49. The first-order chi connectivity index (χ1) is 11.1. The summed E-state index contributed by atoms with van der Waals surface area (Å²) in [5.74, 6) is 0.178. The lowest BCUT2D eigenvalue weighted by molar-refractivity contribution is -0.131. The molecule has 2 rings (SSSR count). The number of hydrogen-bond donors (Lipinski definition) is 1. The number of hydrogen-bond acceptors (Lipinski definition) is 2. The summed E-state index contributed by atoms with van der Waals surface area (Å²) < 4.78 is 1.10. The molecular weight excluding hydrogens is 352 g/mol. The number of rotatable bonds is 7. The number of anilines is 1. The topological polar surface area (TPSA) is 32.3 Å². The van der Waals surface area contributed by atoms with Crippen molar-refractivity contribution in [3.8, 4) is 0 Å². The molecule has 2 aromatic carbocycles. The third-order valence-corrected chi connectivity index (χ3v) is 4.67. The summed E-state index contributed by atoms with van der Waals surface area (Å²) in [6.07, 6.45) is 0.496. The minimum absolute atomic E-state index is 0.178. The van der Waals surface area contributed by atoms with E-state index in [1.165, 1.54) is 11.1 Å². The minimum atomic E-state index is 0.178. The Morgan fingerprint density at radius 2 is 1.91 bits per heavy atom. The van der Waals surface area contributed by atoms with E-state index in [0.29, 0.717) is 19.5 Å². The van der Waals surface area contributed by atoms with E-state index in [9.17, 15) is 4.79 Å². The summed E-state index contributed by atoms with van der Waals surface area (Å²) in [6.45, 7) is 6.12. The molecule has 0 saturated carbocycles. The summed E-state index contributed by atoms with van der Waals surface area (Å²) in [4.78, 5) is 14.3. The molecule has 0 spiro atoms. The molecule has 0 aliphatic heterocycles. The molecule has 0 aromatic heterocycles. The van der Waals surface area contributed by atoms with Crippen molar-refractivity contribution in [1.82, 2.24) is 4.90 Å². The van der Waals surface area contributed by atoms with Gasteiger partial charge < -0.3 is 10.2 Å². The Hall–Kier alpha value is -1.81. The molecule has 1 N–H and O–H groups in total. The van der Waals surface area contributed by atoms with Crippen LogP contribution in [0.5, 0.6) is 0 Å². The van der Waals surface area contributed by atoms with Crippen LogP contribution < -0.4 is 5.32 Å². The molecule has 4 heteroatoms. The number of nitrogens with one attached hydrogen (secondary N) is 1. The van der Waals surface area contributed by atoms with Crippen LogP contribution in [0.25, 0.3) is 0 Å². The van der Waals surface area contributed by atoms with E-state index in [4.69, 9.17) is 0 Å². The Morgan fingerprint density at radius 1 is 1.17 bits per heavy atom. The third kappa shape index (κ3) is 5.39. The van der Waals surface area contributed by atoms with Crippen LogP contribution in [-0.4, -0.2) is 23.9 Å². The Kier molecular flexibility index (Phi) is 6.66. The Bertz CT molecular complexity index is 643. The largest absolute Gasteiger partial charge is 0.385 e. The lowest BCUT2D eigenvalue weighted by Gasteiger charge is -2.21. The molecule has 3 nitrogen and oxygen atoms in total. The van der Waals surface area contributed by atoms with Crippen molar-refractivity contribution >= 4 is 27.5 Å². The molecule has 0 unspecified atom stereocenters. The number of aryl methyl sites for hydroxylation is 1. The van der Waals surface area contributed by atoms with Crippen molar-refractivity contribution in [3.05, 3.63) is 64.1 Å². The molecule has 0 saturated heterocycles. The smallest absolute Gasteiger partial charge is 0.224 e. The van der Waals surface area contributed by atoms with E-state index in [2.05, 4.69) is 46.4 Å². The van der Waals surface area contributed by atoms with Crippen LogP contribution in [0, 0.1) is 6.92 Å². The molecule has 1 amide bonds. The SMILES string of the molecule is CCN(Cc1ccccc1)C(=O)CCNc1ccc(Br)c(C)c1. The predicted molar refractivity (Wildman–Crippen MR) is 99.5 cm³/mol. The Morgan fingerprint density at radius 3 is 2.57 bits per heavy atom. The first-order valence-corrected chi connectivity index (χ1v) is 8.71. The van der Waals surface area contributed by atoms with Crippen LogP contribution in [0.2, 0.25) is 0 Å². The molecule has 0 fully saturated rings. The highest BCUT2D eigenvalue weighted by Crippen LogP contribution is 2.20. The lowest BCUT2D eigenvalue weighted by Crippen LogP contribution is -2.31. The zero-order chi connectivity index (χ0) is 16.7. The van der Waals surface area contributed by atoms with E-state index in [1.54, 1.807) is 0 Å². The number of amides is 1. The van der Waals surface area contributed by atoms with Gasteiger partial charge in [-0.2, -0.15) is 0 Å². The van der Waals surface area contributed by atoms with Crippen LogP contribution in [-0.2, 0) is 11.3 Å². The second-order valence-corrected chi connectivity index (χ2v) is 6.39. The third-order valence-electron chi connectivity index (χ3n) is 3.78. The van der Waals surface area contributed by atoms with Gasteiger partial charge in [-0.3, -0.25) is 4.79 Å². The van der Waals surface area contributed by atoms with Crippen molar-refractivity contribution in [2.75, 3.05) is 18.4 Å². The number of carbonyl (C=O) groups is 1. The average molecular weight is 375 g/mol. The molecule has 0 heterocycles. The maximum atomic E-state index is 12.4. The number of halogens is 1. The van der Waals surface area contributed by atoms with Gasteiger partial charge in [-0.25, -0.2) is 0 Å². The van der Waals surface area contributed by atoms with Crippen molar-refractivity contribution in [2.45, 2.75) is 26.8 Å². The molecule has 0 aliphatic carbocycles. The van der Waals surface area contributed by atoms with E-state index in [1.807, 2.05) is 42.2 Å². The first kappa shape index (κ1) is 17.5. The standard InChI is InChI=1S/C19H23BrN2O/c1-3-22(14-16-7-5-4-6-8-16)19(23)11-12-21-17-9-10-18(20)15(2)13-17/h4-10,13,21H,3,11-12,14H2,1-2H3. The molecular formula is C19H23BrN2O. The summed E-state index contributed by atoms with van der Waals surface area (Å²) in [5, 5.41) is 3.32. The van der Waals surface area contributed by atoms with E-state index in [0.717, 1.165) is 16.7 Å². The second kappa shape index (κ2) is 8.73. The minimum Gasteiger partial charge on any atom is -0.385 e. The highest BCUT2D eigenvalue weighted by molar-refractivity contribution is 9.10. The molecule has 0 aliphatic rings. The Balaban J connectivity index is 1.83. The highest BCUT2D eigenvalue weighted by atomic mass is 79.9. The fraction of sp³-hybridized carbons (Fsp3) is 0.316. The maximum absolute atomic E-state index is 12.4. The van der Waals surface area contributed by atoms with Gasteiger partial charge in [-0.15, -0.1) is 0 Å². The molecule has 0 atom stereocenters. The van der Waals surface area contributed by atoms with Gasteiger partial charge in [0.2, 0.25) is 5.91 Å². The van der Waals surface area contributed by atoms with Crippen molar-refractivity contribution in [1.29, 1.82) is 0 Å². The summed E-state index contributed by atoms with van der Waals surface area (Å²) in [7, 11) is 0. The molecule has 2 aromatic rings. The van der Waals surface area contributed by atoms with Gasteiger partial charge >= 0.3 is 0 Å². The van der Waals surface area contributed by atoms with Gasteiger partial charge in [0.15, 0.2) is 0 Å². The van der Waals surface area contributed by atoms with Crippen LogP contribution in [0.15, 0.2) is 53.0 Å². The van der Waals surface area contributed by atoms with Gasteiger partial charge in [0.1, 0.15) is 0 Å². The highest BCUT2D eigenvalue weighted by Gasteiger charge is 2.11. The van der Waals surface area contributed by atoms with Gasteiger partial charge in [0, 0.05) is 36.2 Å². The molecule has 122 valence electrons. The Labute approximate surface area is 146 Å². The fourth-order valence-electron chi connectivity index (χ4n) is 2.41. The van der Waals surface area contributed by atoms with Crippen molar-refractivity contribution in [3.63, 3.8) is 0 Å². The van der Waals surface area contributed by atoms with Gasteiger partial charge in [-0.05, 0) is 43.2 Å². The average Bonchev–Trinajstić information content (AvgIpc) is 2.56. The molecule has 0 radical (unpaired) electrons. The summed E-state index contributed by atoms with van der Waals surface area (Å²) in [6, 6.07) is 16.2. The van der Waals surface area contributed by atoms with Gasteiger partial charge in [0.05, 0.1) is 0 Å². The monoisotopic (exact) mass is 374 g/mol. The number of benzene rings is 2. The predicted octanol–water partition coefficient (Wildman–Crippen LogP) is 4.61.